The van der Waals surface area contributed by atoms with E-state index in [0.717, 1.165) is 25.2 Å². The Bertz CT molecular complexity index is 311. The number of hydrazine groups is 1. The van der Waals surface area contributed by atoms with Gasteiger partial charge in [0.15, 0.2) is 9.84 Å². The van der Waals surface area contributed by atoms with Crippen LogP contribution < -0.4 is 11.3 Å². The summed E-state index contributed by atoms with van der Waals surface area (Å²) in [4.78, 5) is 0. The standard InChI is InChI=1S/C10H20N2O2S/c11-12-10(5-8-1-2-8)6-9-3-4-15(13,14)7-9/h8-10,12H,1-7,11H2. The Balaban J connectivity index is 1.79. The summed E-state index contributed by atoms with van der Waals surface area (Å²) in [5, 5.41) is 0. The first-order chi connectivity index (χ1) is 7.09. The molecule has 2 aliphatic rings. The summed E-state index contributed by atoms with van der Waals surface area (Å²) < 4.78 is 22.6. The Kier molecular flexibility index (Phi) is 3.33. The second-order valence-corrected chi connectivity index (χ2v) is 7.28. The summed E-state index contributed by atoms with van der Waals surface area (Å²) in [5.74, 6) is 7.40. The topological polar surface area (TPSA) is 72.2 Å². The van der Waals surface area contributed by atoms with Crippen molar-refractivity contribution in [3.63, 3.8) is 0 Å². The van der Waals surface area contributed by atoms with Crippen molar-refractivity contribution in [3.05, 3.63) is 0 Å². The van der Waals surface area contributed by atoms with Gasteiger partial charge in [0.05, 0.1) is 11.5 Å². The average molecular weight is 232 g/mol. The highest BCUT2D eigenvalue weighted by atomic mass is 32.2. The lowest BCUT2D eigenvalue weighted by atomic mass is 9.96. The first-order valence-electron chi connectivity index (χ1n) is 5.75. The summed E-state index contributed by atoms with van der Waals surface area (Å²) in [6.45, 7) is 0. The van der Waals surface area contributed by atoms with Gasteiger partial charge in [-0.3, -0.25) is 11.3 Å². The van der Waals surface area contributed by atoms with E-state index in [9.17, 15) is 8.42 Å². The number of sulfone groups is 1. The van der Waals surface area contributed by atoms with Crippen LogP contribution in [0.4, 0.5) is 0 Å². The third kappa shape index (κ3) is 3.43. The van der Waals surface area contributed by atoms with Crippen molar-refractivity contribution in [2.45, 2.75) is 38.1 Å². The van der Waals surface area contributed by atoms with Gasteiger partial charge in [0.2, 0.25) is 0 Å². The molecule has 1 saturated carbocycles. The van der Waals surface area contributed by atoms with Crippen LogP contribution >= 0.6 is 0 Å². The molecule has 0 radical (unpaired) electrons. The fraction of sp³-hybridized carbons (Fsp3) is 1.00. The second-order valence-electron chi connectivity index (χ2n) is 5.05. The van der Waals surface area contributed by atoms with Crippen LogP contribution in [0.1, 0.15) is 32.1 Å². The molecule has 1 saturated heterocycles. The van der Waals surface area contributed by atoms with Crippen molar-refractivity contribution in [1.82, 2.24) is 5.43 Å². The van der Waals surface area contributed by atoms with E-state index in [2.05, 4.69) is 5.43 Å². The Morgan fingerprint density at radius 2 is 1.87 bits per heavy atom. The maximum absolute atomic E-state index is 11.3. The largest absolute Gasteiger partial charge is 0.271 e. The van der Waals surface area contributed by atoms with Crippen molar-refractivity contribution in [2.24, 2.45) is 17.7 Å². The van der Waals surface area contributed by atoms with Gasteiger partial charge in [-0.25, -0.2) is 8.42 Å². The van der Waals surface area contributed by atoms with Gasteiger partial charge in [0, 0.05) is 6.04 Å². The van der Waals surface area contributed by atoms with Crippen LogP contribution in [0.15, 0.2) is 0 Å². The Labute approximate surface area is 91.5 Å². The van der Waals surface area contributed by atoms with Crippen molar-refractivity contribution < 1.29 is 8.42 Å². The molecule has 1 heterocycles. The highest BCUT2D eigenvalue weighted by molar-refractivity contribution is 7.91. The Morgan fingerprint density at radius 1 is 1.20 bits per heavy atom. The maximum Gasteiger partial charge on any atom is 0.150 e. The van der Waals surface area contributed by atoms with Gasteiger partial charge in [-0.05, 0) is 31.1 Å². The number of rotatable bonds is 5. The molecule has 2 fully saturated rings. The normalized spacial score (nSPS) is 31.7. The molecule has 2 atom stereocenters. The van der Waals surface area contributed by atoms with Gasteiger partial charge in [-0.15, -0.1) is 0 Å². The van der Waals surface area contributed by atoms with E-state index in [1.54, 1.807) is 0 Å². The molecule has 2 unspecified atom stereocenters. The van der Waals surface area contributed by atoms with Crippen molar-refractivity contribution in [3.8, 4) is 0 Å². The Morgan fingerprint density at radius 3 is 2.33 bits per heavy atom. The van der Waals surface area contributed by atoms with Gasteiger partial charge in [-0.1, -0.05) is 12.8 Å². The fourth-order valence-electron chi connectivity index (χ4n) is 2.45. The molecule has 15 heavy (non-hydrogen) atoms. The zero-order chi connectivity index (χ0) is 10.9. The minimum atomic E-state index is -2.73. The first kappa shape index (κ1) is 11.4. The van der Waals surface area contributed by atoms with Gasteiger partial charge in [0.1, 0.15) is 0 Å². The molecule has 5 heteroatoms. The maximum atomic E-state index is 11.3. The van der Waals surface area contributed by atoms with Crippen LogP contribution in [0.2, 0.25) is 0 Å². The molecule has 0 amide bonds. The zero-order valence-corrected chi connectivity index (χ0v) is 9.80. The molecule has 3 N–H and O–H groups in total. The molecule has 0 aromatic carbocycles. The van der Waals surface area contributed by atoms with Crippen LogP contribution in [0.25, 0.3) is 0 Å². The summed E-state index contributed by atoms with van der Waals surface area (Å²) in [6.07, 6.45) is 5.51. The third-order valence-electron chi connectivity index (χ3n) is 3.50. The molecule has 4 nitrogen and oxygen atoms in total. The van der Waals surface area contributed by atoms with Crippen LogP contribution in [-0.2, 0) is 9.84 Å². The summed E-state index contributed by atoms with van der Waals surface area (Å²) in [7, 11) is -2.73. The zero-order valence-electron chi connectivity index (χ0n) is 8.98. The smallest absolute Gasteiger partial charge is 0.150 e. The lowest BCUT2D eigenvalue weighted by molar-refractivity contribution is 0.378. The molecule has 88 valence electrons. The number of nitrogens with two attached hydrogens (primary N) is 1. The highest BCUT2D eigenvalue weighted by Crippen LogP contribution is 2.35. The molecular weight excluding hydrogens is 212 g/mol. The van der Waals surface area contributed by atoms with E-state index in [4.69, 9.17) is 5.84 Å². The molecule has 1 aliphatic carbocycles. The molecule has 0 aromatic rings. The molecule has 0 bridgehead atoms. The Hall–Kier alpha value is -0.130. The molecule has 0 spiro atoms. The molecule has 2 rings (SSSR count). The number of nitrogens with one attached hydrogen (secondary N) is 1. The van der Waals surface area contributed by atoms with Crippen molar-refractivity contribution in [1.29, 1.82) is 0 Å². The van der Waals surface area contributed by atoms with E-state index in [1.165, 1.54) is 12.8 Å². The number of hydrogen-bond donors (Lipinski definition) is 2. The van der Waals surface area contributed by atoms with Crippen LogP contribution in [0.5, 0.6) is 0 Å². The van der Waals surface area contributed by atoms with E-state index >= 15 is 0 Å². The highest BCUT2D eigenvalue weighted by Gasteiger charge is 2.31. The van der Waals surface area contributed by atoms with E-state index in [1.807, 2.05) is 0 Å². The molecule has 1 aliphatic heterocycles. The van der Waals surface area contributed by atoms with Crippen molar-refractivity contribution in [2.75, 3.05) is 11.5 Å². The van der Waals surface area contributed by atoms with Gasteiger partial charge < -0.3 is 0 Å². The minimum Gasteiger partial charge on any atom is -0.271 e. The lowest BCUT2D eigenvalue weighted by Gasteiger charge is -2.18. The predicted molar refractivity (Wildman–Crippen MR) is 59.8 cm³/mol. The van der Waals surface area contributed by atoms with Gasteiger partial charge in [-0.2, -0.15) is 0 Å². The van der Waals surface area contributed by atoms with Crippen LogP contribution in [0.3, 0.4) is 0 Å². The molecule has 0 aromatic heterocycles. The van der Waals surface area contributed by atoms with E-state index < -0.39 is 9.84 Å². The quantitative estimate of drug-likeness (QED) is 0.533. The summed E-state index contributed by atoms with van der Waals surface area (Å²) >= 11 is 0. The van der Waals surface area contributed by atoms with E-state index in [-0.39, 0.29) is 0 Å². The van der Waals surface area contributed by atoms with Crippen LogP contribution in [0, 0.1) is 11.8 Å². The third-order valence-corrected chi connectivity index (χ3v) is 5.33. The predicted octanol–water partition coefficient (Wildman–Crippen LogP) is 0.443. The summed E-state index contributed by atoms with van der Waals surface area (Å²) in [5.41, 5.74) is 2.83. The van der Waals surface area contributed by atoms with Gasteiger partial charge >= 0.3 is 0 Å². The first-order valence-corrected chi connectivity index (χ1v) is 7.58. The average Bonchev–Trinajstić information content (AvgIpc) is 2.91. The van der Waals surface area contributed by atoms with Gasteiger partial charge in [0.25, 0.3) is 0 Å². The van der Waals surface area contributed by atoms with E-state index in [0.29, 0.717) is 23.5 Å². The molecular formula is C10H20N2O2S. The minimum absolute atomic E-state index is 0.316. The summed E-state index contributed by atoms with van der Waals surface area (Å²) in [6, 6.07) is 0.316. The second kappa shape index (κ2) is 4.39. The SMILES string of the molecule is NNC(CC1CC1)CC1CCS(=O)(=O)C1. The lowest BCUT2D eigenvalue weighted by Crippen LogP contribution is -2.37. The van der Waals surface area contributed by atoms with Crippen LogP contribution in [-0.4, -0.2) is 26.0 Å². The van der Waals surface area contributed by atoms with Crippen molar-refractivity contribution >= 4 is 9.84 Å². The monoisotopic (exact) mass is 232 g/mol. The number of hydrogen-bond acceptors (Lipinski definition) is 4. The fourth-order valence-corrected chi connectivity index (χ4v) is 4.33.